The number of nitrogens with one attached hydrogen (secondary N) is 2. The third-order valence-corrected chi connectivity index (χ3v) is 5.32. The van der Waals surface area contributed by atoms with E-state index in [0.717, 1.165) is 25.6 Å². The molecule has 26 heavy (non-hydrogen) atoms. The Morgan fingerprint density at radius 2 is 1.88 bits per heavy atom. The molecule has 2 aliphatic rings. The first-order valence-corrected chi connectivity index (χ1v) is 9.84. The number of likely N-dealkylation sites (tertiary alicyclic amines) is 2. The van der Waals surface area contributed by atoms with Crippen molar-refractivity contribution in [2.24, 2.45) is 10.9 Å². The first-order valence-electron chi connectivity index (χ1n) is 9.84. The first-order chi connectivity index (χ1) is 12.3. The molecule has 0 aromatic heterocycles. The highest BCUT2D eigenvalue weighted by molar-refractivity contribution is 5.80. The smallest absolute Gasteiger partial charge is 0.357 e. The van der Waals surface area contributed by atoms with E-state index in [-0.39, 0.29) is 6.04 Å². The van der Waals surface area contributed by atoms with Crippen molar-refractivity contribution < 1.29 is 13.2 Å². The Morgan fingerprint density at radius 1 is 1.19 bits per heavy atom. The zero-order chi connectivity index (χ0) is 19.2. The Hall–Kier alpha value is -1.02. The topological polar surface area (TPSA) is 42.9 Å². The van der Waals surface area contributed by atoms with E-state index in [2.05, 4.69) is 34.4 Å². The van der Waals surface area contributed by atoms with Gasteiger partial charge in [-0.2, -0.15) is 13.2 Å². The number of guanidine groups is 1. The fraction of sp³-hybridized carbons (Fsp3) is 0.944. The molecule has 2 fully saturated rings. The molecule has 2 N–H and O–H groups in total. The van der Waals surface area contributed by atoms with Crippen molar-refractivity contribution >= 4 is 5.96 Å². The van der Waals surface area contributed by atoms with Crippen LogP contribution in [0.3, 0.4) is 0 Å². The average Bonchev–Trinajstić information content (AvgIpc) is 2.98. The molecule has 0 spiro atoms. The van der Waals surface area contributed by atoms with E-state index in [0.29, 0.717) is 38.1 Å². The largest absolute Gasteiger partial charge is 0.401 e. The molecule has 0 amide bonds. The van der Waals surface area contributed by atoms with E-state index in [1.165, 1.54) is 17.7 Å². The van der Waals surface area contributed by atoms with Crippen molar-refractivity contribution in [2.45, 2.75) is 58.3 Å². The van der Waals surface area contributed by atoms with Gasteiger partial charge in [0.2, 0.25) is 0 Å². The van der Waals surface area contributed by atoms with Crippen molar-refractivity contribution in [3.05, 3.63) is 0 Å². The molecule has 0 radical (unpaired) electrons. The summed E-state index contributed by atoms with van der Waals surface area (Å²) in [5.41, 5.74) is 0. The van der Waals surface area contributed by atoms with Gasteiger partial charge in [0.15, 0.2) is 5.96 Å². The molecule has 152 valence electrons. The quantitative estimate of drug-likeness (QED) is 0.551. The monoisotopic (exact) mass is 377 g/mol. The Balaban J connectivity index is 1.81. The van der Waals surface area contributed by atoms with Gasteiger partial charge in [0.25, 0.3) is 0 Å². The molecule has 0 saturated carbocycles. The van der Waals surface area contributed by atoms with E-state index in [4.69, 9.17) is 0 Å². The minimum absolute atomic E-state index is 0.0151. The van der Waals surface area contributed by atoms with Crippen LogP contribution in [0.25, 0.3) is 0 Å². The Morgan fingerprint density at radius 3 is 2.50 bits per heavy atom. The second-order valence-electron chi connectivity index (χ2n) is 7.77. The van der Waals surface area contributed by atoms with Gasteiger partial charge < -0.3 is 10.6 Å². The number of piperidine rings is 1. The summed E-state index contributed by atoms with van der Waals surface area (Å²) in [5, 5.41) is 6.53. The SMILES string of the molecule is CCNC(=NCC(C)N1CCC(C)CC1)NC1CCN(CC(F)(F)F)C1. The highest BCUT2D eigenvalue weighted by Gasteiger charge is 2.34. The van der Waals surface area contributed by atoms with Crippen molar-refractivity contribution in [3.8, 4) is 0 Å². The Labute approximate surface area is 155 Å². The summed E-state index contributed by atoms with van der Waals surface area (Å²) in [6.45, 7) is 10.2. The van der Waals surface area contributed by atoms with Crippen LogP contribution in [0.2, 0.25) is 0 Å². The molecule has 8 heteroatoms. The molecule has 0 aromatic rings. The summed E-state index contributed by atoms with van der Waals surface area (Å²) in [5.74, 6) is 1.52. The summed E-state index contributed by atoms with van der Waals surface area (Å²) in [6.07, 6.45) is -0.943. The summed E-state index contributed by atoms with van der Waals surface area (Å²) in [7, 11) is 0. The predicted octanol–water partition coefficient (Wildman–Crippen LogP) is 2.30. The van der Waals surface area contributed by atoms with Crippen LogP contribution in [0.15, 0.2) is 4.99 Å². The zero-order valence-corrected chi connectivity index (χ0v) is 16.3. The van der Waals surface area contributed by atoms with Crippen LogP contribution in [0, 0.1) is 5.92 Å². The molecule has 0 aromatic carbocycles. The second kappa shape index (κ2) is 9.78. The lowest BCUT2D eigenvalue weighted by atomic mass is 9.98. The van der Waals surface area contributed by atoms with Gasteiger partial charge in [-0.3, -0.25) is 14.8 Å². The highest BCUT2D eigenvalue weighted by atomic mass is 19.4. The lowest BCUT2D eigenvalue weighted by molar-refractivity contribution is -0.143. The average molecular weight is 377 g/mol. The van der Waals surface area contributed by atoms with E-state index in [9.17, 15) is 13.2 Å². The van der Waals surface area contributed by atoms with Gasteiger partial charge in [0.05, 0.1) is 13.1 Å². The fourth-order valence-corrected chi connectivity index (χ4v) is 3.67. The van der Waals surface area contributed by atoms with Crippen LogP contribution in [0.1, 0.15) is 40.0 Å². The minimum Gasteiger partial charge on any atom is -0.357 e. The zero-order valence-electron chi connectivity index (χ0n) is 16.3. The van der Waals surface area contributed by atoms with Crippen molar-refractivity contribution in [3.63, 3.8) is 0 Å². The van der Waals surface area contributed by atoms with Gasteiger partial charge in [0.1, 0.15) is 0 Å². The Kier molecular flexibility index (Phi) is 8.01. The second-order valence-corrected chi connectivity index (χ2v) is 7.77. The highest BCUT2D eigenvalue weighted by Crippen LogP contribution is 2.20. The summed E-state index contributed by atoms with van der Waals surface area (Å²) >= 11 is 0. The molecule has 2 aliphatic heterocycles. The fourth-order valence-electron chi connectivity index (χ4n) is 3.67. The lowest BCUT2D eigenvalue weighted by Crippen LogP contribution is -2.46. The predicted molar refractivity (Wildman–Crippen MR) is 99.4 cm³/mol. The van der Waals surface area contributed by atoms with Gasteiger partial charge in [-0.05, 0) is 52.1 Å². The third kappa shape index (κ3) is 7.31. The van der Waals surface area contributed by atoms with Crippen LogP contribution < -0.4 is 10.6 Å². The number of aliphatic imine (C=N–C) groups is 1. The van der Waals surface area contributed by atoms with Gasteiger partial charge in [-0.15, -0.1) is 0 Å². The van der Waals surface area contributed by atoms with Gasteiger partial charge in [0, 0.05) is 31.7 Å². The maximum Gasteiger partial charge on any atom is 0.401 e. The molecule has 2 unspecified atom stereocenters. The van der Waals surface area contributed by atoms with Crippen LogP contribution in [-0.2, 0) is 0 Å². The van der Waals surface area contributed by atoms with Gasteiger partial charge >= 0.3 is 6.18 Å². The molecular formula is C18H34F3N5. The molecule has 0 bridgehead atoms. The third-order valence-electron chi connectivity index (χ3n) is 5.32. The van der Waals surface area contributed by atoms with Crippen LogP contribution >= 0.6 is 0 Å². The van der Waals surface area contributed by atoms with Crippen LogP contribution in [0.4, 0.5) is 13.2 Å². The number of alkyl halides is 3. The number of nitrogens with zero attached hydrogens (tertiary/aromatic N) is 3. The summed E-state index contributed by atoms with van der Waals surface area (Å²) in [4.78, 5) is 8.62. The van der Waals surface area contributed by atoms with Crippen LogP contribution in [0.5, 0.6) is 0 Å². The maximum absolute atomic E-state index is 12.5. The molecule has 2 saturated heterocycles. The summed E-state index contributed by atoms with van der Waals surface area (Å²) in [6, 6.07) is 0.393. The number of halogens is 3. The van der Waals surface area contributed by atoms with Crippen molar-refractivity contribution in [1.29, 1.82) is 0 Å². The van der Waals surface area contributed by atoms with Crippen molar-refractivity contribution in [1.82, 2.24) is 20.4 Å². The number of hydrogen-bond donors (Lipinski definition) is 2. The number of hydrogen-bond acceptors (Lipinski definition) is 3. The molecular weight excluding hydrogens is 343 g/mol. The first kappa shape index (κ1) is 21.3. The normalized spacial score (nSPS) is 25.5. The Bertz CT molecular complexity index is 447. The van der Waals surface area contributed by atoms with Crippen LogP contribution in [-0.4, -0.2) is 79.8 Å². The standard InChI is InChI=1S/C18H34F3N5/c1-4-22-17(23-11-15(3)26-9-5-14(2)6-10-26)24-16-7-8-25(12-16)13-18(19,20)21/h14-16H,4-13H2,1-3H3,(H2,22,23,24). The van der Waals surface area contributed by atoms with E-state index < -0.39 is 12.7 Å². The number of rotatable bonds is 6. The summed E-state index contributed by atoms with van der Waals surface area (Å²) < 4.78 is 37.6. The van der Waals surface area contributed by atoms with E-state index in [1.54, 1.807) is 0 Å². The maximum atomic E-state index is 12.5. The molecule has 2 atom stereocenters. The molecule has 2 rings (SSSR count). The van der Waals surface area contributed by atoms with Gasteiger partial charge in [-0.25, -0.2) is 0 Å². The van der Waals surface area contributed by atoms with E-state index in [1.807, 2.05) is 6.92 Å². The van der Waals surface area contributed by atoms with Crippen molar-refractivity contribution in [2.75, 3.05) is 45.8 Å². The lowest BCUT2D eigenvalue weighted by Gasteiger charge is -2.34. The molecule has 5 nitrogen and oxygen atoms in total. The minimum atomic E-state index is -4.13. The van der Waals surface area contributed by atoms with Gasteiger partial charge in [-0.1, -0.05) is 6.92 Å². The van der Waals surface area contributed by atoms with E-state index >= 15 is 0 Å². The molecule has 2 heterocycles. The molecule has 0 aliphatic carbocycles.